The Bertz CT molecular complexity index is 640. The summed E-state index contributed by atoms with van der Waals surface area (Å²) in [5.74, 6) is 0.322. The molecule has 0 saturated carbocycles. The minimum Gasteiger partial charge on any atom is -0.300 e. The summed E-state index contributed by atoms with van der Waals surface area (Å²) in [5.41, 5.74) is 0.506. The molecule has 0 fully saturated rings. The quantitative estimate of drug-likeness (QED) is 0.599. The number of carbonyl (C=O) groups is 1. The standard InChI is InChI=1S/C12H11N3O3/c1-8(16)14(2)12-7-6-9-10(13-12)4-3-5-11(9)15(17)18/h3-7H,1-2H3. The van der Waals surface area contributed by atoms with Crippen molar-refractivity contribution >= 4 is 28.3 Å². The van der Waals surface area contributed by atoms with Crippen molar-refractivity contribution in [2.75, 3.05) is 11.9 Å². The van der Waals surface area contributed by atoms with Gasteiger partial charge in [-0.1, -0.05) is 6.07 Å². The predicted octanol–water partition coefficient (Wildman–Crippen LogP) is 2.13. The van der Waals surface area contributed by atoms with Crippen molar-refractivity contribution in [2.45, 2.75) is 6.92 Å². The molecule has 0 saturated heterocycles. The maximum absolute atomic E-state index is 11.2. The number of nitrogens with zero attached hydrogens (tertiary/aromatic N) is 3. The number of benzene rings is 1. The van der Waals surface area contributed by atoms with Crippen LogP contribution in [0.1, 0.15) is 6.92 Å². The number of fused-ring (bicyclic) bond motifs is 1. The van der Waals surface area contributed by atoms with Crippen molar-refractivity contribution < 1.29 is 9.72 Å². The van der Waals surface area contributed by atoms with E-state index in [1.165, 1.54) is 17.9 Å². The molecule has 1 heterocycles. The topological polar surface area (TPSA) is 76.3 Å². The van der Waals surface area contributed by atoms with Crippen LogP contribution in [0.3, 0.4) is 0 Å². The summed E-state index contributed by atoms with van der Waals surface area (Å²) in [6, 6.07) is 7.88. The molecular weight excluding hydrogens is 234 g/mol. The normalized spacial score (nSPS) is 10.3. The molecule has 0 aliphatic rings. The zero-order valence-electron chi connectivity index (χ0n) is 9.95. The molecule has 1 aromatic carbocycles. The molecule has 0 radical (unpaired) electrons. The number of aromatic nitrogens is 1. The van der Waals surface area contributed by atoms with E-state index in [-0.39, 0.29) is 11.6 Å². The van der Waals surface area contributed by atoms with E-state index in [0.29, 0.717) is 16.7 Å². The van der Waals surface area contributed by atoms with E-state index in [9.17, 15) is 14.9 Å². The van der Waals surface area contributed by atoms with E-state index < -0.39 is 4.92 Å². The van der Waals surface area contributed by atoms with Gasteiger partial charge >= 0.3 is 0 Å². The molecule has 0 aliphatic carbocycles. The second kappa shape index (κ2) is 4.40. The lowest BCUT2D eigenvalue weighted by molar-refractivity contribution is -0.383. The number of non-ortho nitro benzene ring substituents is 1. The van der Waals surface area contributed by atoms with Crippen LogP contribution in [0, 0.1) is 10.1 Å². The van der Waals surface area contributed by atoms with E-state index >= 15 is 0 Å². The highest BCUT2D eigenvalue weighted by atomic mass is 16.6. The molecule has 92 valence electrons. The first-order valence-corrected chi connectivity index (χ1v) is 5.29. The third kappa shape index (κ3) is 2.00. The van der Waals surface area contributed by atoms with Gasteiger partial charge in [-0.05, 0) is 18.2 Å². The summed E-state index contributed by atoms with van der Waals surface area (Å²) in [7, 11) is 1.61. The second-order valence-corrected chi connectivity index (χ2v) is 3.85. The van der Waals surface area contributed by atoms with Crippen LogP contribution < -0.4 is 4.90 Å². The third-order valence-electron chi connectivity index (χ3n) is 2.71. The van der Waals surface area contributed by atoms with Crippen molar-refractivity contribution in [3.05, 3.63) is 40.4 Å². The molecule has 0 unspecified atom stereocenters. The molecule has 6 nitrogen and oxygen atoms in total. The Balaban J connectivity index is 2.60. The summed E-state index contributed by atoms with van der Waals surface area (Å²) >= 11 is 0. The van der Waals surface area contributed by atoms with E-state index in [0.717, 1.165) is 0 Å². The van der Waals surface area contributed by atoms with Gasteiger partial charge in [-0.25, -0.2) is 4.98 Å². The van der Waals surface area contributed by atoms with Crippen molar-refractivity contribution in [1.29, 1.82) is 0 Å². The highest BCUT2D eigenvalue weighted by Crippen LogP contribution is 2.25. The lowest BCUT2D eigenvalue weighted by Crippen LogP contribution is -2.23. The molecule has 0 bridgehead atoms. The van der Waals surface area contributed by atoms with Crippen LogP contribution in [0.25, 0.3) is 10.9 Å². The Hall–Kier alpha value is -2.50. The van der Waals surface area contributed by atoms with Gasteiger partial charge in [0.15, 0.2) is 0 Å². The number of amides is 1. The molecular formula is C12H11N3O3. The van der Waals surface area contributed by atoms with Crippen LogP contribution in [-0.2, 0) is 4.79 Å². The number of pyridine rings is 1. The largest absolute Gasteiger partial charge is 0.300 e. The first-order chi connectivity index (χ1) is 8.50. The fourth-order valence-electron chi connectivity index (χ4n) is 1.64. The molecule has 6 heteroatoms. The zero-order valence-corrected chi connectivity index (χ0v) is 9.95. The Kier molecular flexibility index (Phi) is 2.93. The maximum Gasteiger partial charge on any atom is 0.278 e. The van der Waals surface area contributed by atoms with Crippen molar-refractivity contribution in [1.82, 2.24) is 4.98 Å². The lowest BCUT2D eigenvalue weighted by atomic mass is 10.2. The number of carbonyl (C=O) groups excluding carboxylic acids is 1. The van der Waals surface area contributed by atoms with Gasteiger partial charge in [-0.2, -0.15) is 0 Å². The number of nitro groups is 1. The first-order valence-electron chi connectivity index (χ1n) is 5.29. The van der Waals surface area contributed by atoms with Crippen molar-refractivity contribution in [3.63, 3.8) is 0 Å². The Morgan fingerprint density at radius 1 is 1.33 bits per heavy atom. The molecule has 18 heavy (non-hydrogen) atoms. The van der Waals surface area contributed by atoms with Gasteiger partial charge in [0.2, 0.25) is 5.91 Å². The van der Waals surface area contributed by atoms with Crippen LogP contribution in [-0.4, -0.2) is 22.9 Å². The van der Waals surface area contributed by atoms with Crippen LogP contribution in [0.15, 0.2) is 30.3 Å². The third-order valence-corrected chi connectivity index (χ3v) is 2.71. The Morgan fingerprint density at radius 2 is 2.06 bits per heavy atom. The van der Waals surface area contributed by atoms with E-state index in [1.807, 2.05) is 0 Å². The smallest absolute Gasteiger partial charge is 0.278 e. The minimum absolute atomic E-state index is 0.0111. The van der Waals surface area contributed by atoms with Crippen LogP contribution >= 0.6 is 0 Å². The molecule has 0 atom stereocenters. The summed E-state index contributed by atoms with van der Waals surface area (Å²) < 4.78 is 0. The van der Waals surface area contributed by atoms with Crippen molar-refractivity contribution in [2.24, 2.45) is 0 Å². The number of anilines is 1. The average molecular weight is 245 g/mol. The molecule has 0 spiro atoms. The number of hydrogen-bond acceptors (Lipinski definition) is 4. The highest BCUT2D eigenvalue weighted by Gasteiger charge is 2.14. The van der Waals surface area contributed by atoms with Crippen molar-refractivity contribution in [3.8, 4) is 0 Å². The second-order valence-electron chi connectivity index (χ2n) is 3.85. The highest BCUT2D eigenvalue weighted by molar-refractivity contribution is 5.93. The van der Waals surface area contributed by atoms with Crippen LogP contribution in [0.2, 0.25) is 0 Å². The number of hydrogen-bond donors (Lipinski definition) is 0. The fourth-order valence-corrected chi connectivity index (χ4v) is 1.64. The maximum atomic E-state index is 11.2. The monoisotopic (exact) mass is 245 g/mol. The van der Waals surface area contributed by atoms with Crippen LogP contribution in [0.5, 0.6) is 0 Å². The zero-order chi connectivity index (χ0) is 13.3. The SMILES string of the molecule is CC(=O)N(C)c1ccc2c([N+](=O)[O-])cccc2n1. The molecule has 1 amide bonds. The van der Waals surface area contributed by atoms with Gasteiger partial charge in [0.25, 0.3) is 5.69 Å². The van der Waals surface area contributed by atoms with Gasteiger partial charge < -0.3 is 4.90 Å². The molecule has 2 rings (SSSR count). The van der Waals surface area contributed by atoms with Crippen LogP contribution in [0.4, 0.5) is 11.5 Å². The van der Waals surface area contributed by atoms with E-state index in [4.69, 9.17) is 0 Å². The molecule has 1 aromatic heterocycles. The van der Waals surface area contributed by atoms with Gasteiger partial charge in [0.05, 0.1) is 15.8 Å². The number of nitro benzene ring substituents is 1. The molecule has 0 aliphatic heterocycles. The summed E-state index contributed by atoms with van der Waals surface area (Å²) in [6.45, 7) is 1.43. The van der Waals surface area contributed by atoms with Gasteiger partial charge in [0, 0.05) is 20.0 Å². The van der Waals surface area contributed by atoms with E-state index in [1.54, 1.807) is 31.3 Å². The van der Waals surface area contributed by atoms with Gasteiger partial charge in [-0.3, -0.25) is 14.9 Å². The summed E-state index contributed by atoms with van der Waals surface area (Å²) in [4.78, 5) is 27.3. The van der Waals surface area contributed by atoms with Gasteiger partial charge in [-0.15, -0.1) is 0 Å². The minimum atomic E-state index is -0.446. The summed E-state index contributed by atoms with van der Waals surface area (Å²) in [5, 5.41) is 11.3. The fraction of sp³-hybridized carbons (Fsp3) is 0.167. The summed E-state index contributed by atoms with van der Waals surface area (Å²) in [6.07, 6.45) is 0. The predicted molar refractivity (Wildman–Crippen MR) is 67.5 cm³/mol. The Labute approximate surface area is 103 Å². The van der Waals surface area contributed by atoms with E-state index in [2.05, 4.69) is 4.98 Å². The lowest BCUT2D eigenvalue weighted by Gasteiger charge is -2.13. The number of rotatable bonds is 2. The molecule has 0 N–H and O–H groups in total. The molecule has 2 aromatic rings. The average Bonchev–Trinajstić information content (AvgIpc) is 2.36. The Morgan fingerprint density at radius 3 is 2.67 bits per heavy atom. The van der Waals surface area contributed by atoms with Gasteiger partial charge in [0.1, 0.15) is 5.82 Å². The first kappa shape index (κ1) is 12.0.